The van der Waals surface area contributed by atoms with Gasteiger partial charge in [-0.1, -0.05) is 0 Å². The van der Waals surface area contributed by atoms with Gasteiger partial charge >= 0.3 is 0 Å². The number of aromatic nitrogens is 2. The largest absolute Gasteiger partial charge is 0.372 e. The first-order chi connectivity index (χ1) is 8.52. The summed E-state index contributed by atoms with van der Waals surface area (Å²) in [5.74, 6) is 0.490. The topological polar surface area (TPSA) is 67.4 Å². The highest BCUT2D eigenvalue weighted by atomic mass is 16.5. The van der Waals surface area contributed by atoms with Crippen LogP contribution >= 0.6 is 0 Å². The molecule has 0 spiro atoms. The normalized spacial score (nSPS) is 18.5. The van der Waals surface area contributed by atoms with Gasteiger partial charge < -0.3 is 15.0 Å². The van der Waals surface area contributed by atoms with E-state index < -0.39 is 0 Å². The van der Waals surface area contributed by atoms with Crippen LogP contribution in [0.4, 0.5) is 5.82 Å². The fourth-order valence-electron chi connectivity index (χ4n) is 1.94. The van der Waals surface area contributed by atoms with Gasteiger partial charge in [-0.3, -0.25) is 9.78 Å². The quantitative estimate of drug-likeness (QED) is 0.839. The molecule has 0 saturated carbocycles. The van der Waals surface area contributed by atoms with Crippen molar-refractivity contribution in [1.82, 2.24) is 14.9 Å². The van der Waals surface area contributed by atoms with Gasteiger partial charge in [0.2, 0.25) is 0 Å². The minimum Gasteiger partial charge on any atom is -0.372 e. The Hall–Kier alpha value is -1.69. The predicted molar refractivity (Wildman–Crippen MR) is 67.5 cm³/mol. The molecule has 0 radical (unpaired) electrons. The van der Waals surface area contributed by atoms with Crippen molar-refractivity contribution in [2.75, 3.05) is 32.1 Å². The van der Waals surface area contributed by atoms with E-state index >= 15 is 0 Å². The molecule has 0 unspecified atom stereocenters. The second kappa shape index (κ2) is 4.89. The lowest BCUT2D eigenvalue weighted by Gasteiger charge is -2.37. The Morgan fingerprint density at radius 3 is 2.94 bits per heavy atom. The lowest BCUT2D eigenvalue weighted by molar-refractivity contribution is -0.0765. The van der Waals surface area contributed by atoms with Crippen LogP contribution in [0, 0.1) is 0 Å². The minimum absolute atomic E-state index is 0.101. The second-order valence-electron chi connectivity index (χ2n) is 4.87. The summed E-state index contributed by atoms with van der Waals surface area (Å²) in [6, 6.07) is 0. The summed E-state index contributed by atoms with van der Waals surface area (Å²) >= 11 is 0. The molecule has 98 valence electrons. The standard InChI is InChI=1S/C12H18N4O2/c1-12(2)8-16(4-5-18-12)11(17)9-6-14-7-10(13-3)15-9/h6-7H,4-5,8H2,1-3H3,(H,13,15). The minimum atomic E-state index is -0.304. The molecule has 18 heavy (non-hydrogen) atoms. The van der Waals surface area contributed by atoms with Gasteiger partial charge in [0.25, 0.3) is 5.91 Å². The van der Waals surface area contributed by atoms with E-state index in [1.807, 2.05) is 13.8 Å². The predicted octanol–water partition coefficient (Wildman–Crippen LogP) is 0.769. The van der Waals surface area contributed by atoms with Crippen LogP contribution in [0.1, 0.15) is 24.3 Å². The maximum absolute atomic E-state index is 12.3. The molecular formula is C12H18N4O2. The van der Waals surface area contributed by atoms with Crippen LogP contribution in [0.5, 0.6) is 0 Å². The fourth-order valence-corrected chi connectivity index (χ4v) is 1.94. The van der Waals surface area contributed by atoms with E-state index in [2.05, 4.69) is 15.3 Å². The Morgan fingerprint density at radius 2 is 2.28 bits per heavy atom. The summed E-state index contributed by atoms with van der Waals surface area (Å²) in [7, 11) is 1.75. The summed E-state index contributed by atoms with van der Waals surface area (Å²) in [6.07, 6.45) is 3.08. The van der Waals surface area contributed by atoms with Crippen molar-refractivity contribution in [1.29, 1.82) is 0 Å². The Balaban J connectivity index is 2.15. The number of morpholine rings is 1. The molecule has 1 aromatic heterocycles. The Labute approximate surface area is 106 Å². The number of nitrogens with one attached hydrogen (secondary N) is 1. The number of rotatable bonds is 2. The summed E-state index contributed by atoms with van der Waals surface area (Å²) in [6.45, 7) is 5.66. The molecule has 1 amide bonds. The molecule has 0 atom stereocenters. The second-order valence-corrected chi connectivity index (χ2v) is 4.87. The Morgan fingerprint density at radius 1 is 1.50 bits per heavy atom. The average molecular weight is 250 g/mol. The van der Waals surface area contributed by atoms with Crippen LogP contribution < -0.4 is 5.32 Å². The van der Waals surface area contributed by atoms with Gasteiger partial charge in [-0.2, -0.15) is 0 Å². The average Bonchev–Trinajstić information content (AvgIpc) is 2.37. The van der Waals surface area contributed by atoms with Gasteiger partial charge in [0.1, 0.15) is 11.5 Å². The third-order valence-electron chi connectivity index (χ3n) is 2.82. The van der Waals surface area contributed by atoms with E-state index in [0.717, 1.165) is 0 Å². The maximum atomic E-state index is 12.3. The molecule has 2 rings (SSSR count). The number of nitrogens with zero attached hydrogens (tertiary/aromatic N) is 3. The number of anilines is 1. The van der Waals surface area contributed by atoms with Gasteiger partial charge in [-0.15, -0.1) is 0 Å². The van der Waals surface area contributed by atoms with Crippen LogP contribution in [-0.2, 0) is 4.74 Å². The van der Waals surface area contributed by atoms with Crippen LogP contribution in [0.15, 0.2) is 12.4 Å². The molecule has 1 aliphatic heterocycles. The molecular weight excluding hydrogens is 232 g/mol. The monoisotopic (exact) mass is 250 g/mol. The highest BCUT2D eigenvalue weighted by molar-refractivity contribution is 5.92. The van der Waals surface area contributed by atoms with E-state index in [1.54, 1.807) is 18.1 Å². The van der Waals surface area contributed by atoms with Crippen molar-refractivity contribution in [3.8, 4) is 0 Å². The highest BCUT2D eigenvalue weighted by Crippen LogP contribution is 2.18. The summed E-state index contributed by atoms with van der Waals surface area (Å²) in [5.41, 5.74) is 0.0571. The Kier molecular flexibility index (Phi) is 3.47. The lowest BCUT2D eigenvalue weighted by Crippen LogP contribution is -2.50. The molecule has 1 aromatic rings. The van der Waals surface area contributed by atoms with Crippen molar-refractivity contribution < 1.29 is 9.53 Å². The molecule has 1 N–H and O–H groups in total. The van der Waals surface area contributed by atoms with Gasteiger partial charge in [0, 0.05) is 20.1 Å². The van der Waals surface area contributed by atoms with Crippen molar-refractivity contribution in [3.63, 3.8) is 0 Å². The van der Waals surface area contributed by atoms with Crippen molar-refractivity contribution in [3.05, 3.63) is 18.1 Å². The van der Waals surface area contributed by atoms with Crippen molar-refractivity contribution in [2.24, 2.45) is 0 Å². The first kappa shape index (κ1) is 12.8. The summed E-state index contributed by atoms with van der Waals surface area (Å²) < 4.78 is 5.58. The third kappa shape index (κ3) is 2.76. The van der Waals surface area contributed by atoms with E-state index in [0.29, 0.717) is 31.2 Å². The number of carbonyl (C=O) groups excluding carboxylic acids is 1. The summed E-state index contributed by atoms with van der Waals surface area (Å²) in [4.78, 5) is 22.3. The molecule has 1 saturated heterocycles. The van der Waals surface area contributed by atoms with Gasteiger partial charge in [0.15, 0.2) is 0 Å². The molecule has 1 fully saturated rings. The fraction of sp³-hybridized carbons (Fsp3) is 0.583. The first-order valence-electron chi connectivity index (χ1n) is 5.95. The molecule has 1 aliphatic rings. The van der Waals surface area contributed by atoms with Gasteiger partial charge in [-0.05, 0) is 13.8 Å². The van der Waals surface area contributed by atoms with Crippen LogP contribution in [-0.4, -0.2) is 53.1 Å². The van der Waals surface area contributed by atoms with Crippen LogP contribution in [0.2, 0.25) is 0 Å². The molecule has 0 bridgehead atoms. The van der Waals surface area contributed by atoms with Crippen LogP contribution in [0.25, 0.3) is 0 Å². The zero-order valence-corrected chi connectivity index (χ0v) is 10.9. The van der Waals surface area contributed by atoms with E-state index in [-0.39, 0.29) is 11.5 Å². The van der Waals surface area contributed by atoms with Crippen molar-refractivity contribution in [2.45, 2.75) is 19.4 Å². The third-order valence-corrected chi connectivity index (χ3v) is 2.82. The zero-order chi connectivity index (χ0) is 13.2. The SMILES string of the molecule is CNc1cncc(C(=O)N2CCOC(C)(C)C2)n1. The number of amides is 1. The maximum Gasteiger partial charge on any atom is 0.274 e. The molecule has 0 aliphatic carbocycles. The summed E-state index contributed by atoms with van der Waals surface area (Å²) in [5, 5.41) is 2.87. The first-order valence-corrected chi connectivity index (χ1v) is 5.95. The highest BCUT2D eigenvalue weighted by Gasteiger charge is 2.31. The van der Waals surface area contributed by atoms with Gasteiger partial charge in [-0.25, -0.2) is 4.98 Å². The molecule has 2 heterocycles. The Bertz CT molecular complexity index is 447. The number of hydrogen-bond donors (Lipinski definition) is 1. The molecule has 6 nitrogen and oxygen atoms in total. The van der Waals surface area contributed by atoms with Gasteiger partial charge in [0.05, 0.1) is 24.6 Å². The molecule has 0 aromatic carbocycles. The lowest BCUT2D eigenvalue weighted by atomic mass is 10.1. The zero-order valence-electron chi connectivity index (χ0n) is 10.9. The van der Waals surface area contributed by atoms with Crippen LogP contribution in [0.3, 0.4) is 0 Å². The number of ether oxygens (including phenoxy) is 1. The molecule has 6 heteroatoms. The van der Waals surface area contributed by atoms with E-state index in [4.69, 9.17) is 4.74 Å². The van der Waals surface area contributed by atoms with E-state index in [1.165, 1.54) is 6.20 Å². The number of carbonyl (C=O) groups is 1. The van der Waals surface area contributed by atoms with Crippen molar-refractivity contribution >= 4 is 11.7 Å². The van der Waals surface area contributed by atoms with E-state index in [9.17, 15) is 4.79 Å². The number of hydrogen-bond acceptors (Lipinski definition) is 5. The smallest absolute Gasteiger partial charge is 0.274 e.